The van der Waals surface area contributed by atoms with Gasteiger partial charge in [0.2, 0.25) is 0 Å². The number of carbonyl (C=O) groups excluding carboxylic acids is 1. The summed E-state index contributed by atoms with van der Waals surface area (Å²) in [5.74, 6) is -1.20. The van der Waals surface area contributed by atoms with E-state index in [0.717, 1.165) is 4.68 Å². The minimum atomic E-state index is -1.12. The summed E-state index contributed by atoms with van der Waals surface area (Å²) in [5.41, 5.74) is -0.658. The number of aromatic nitrogens is 4. The number of aliphatic carboxylic acids is 1. The topological polar surface area (TPSA) is 119 Å². The molecular formula is C8H13N5O4. The molecule has 0 unspecified atom stereocenters. The van der Waals surface area contributed by atoms with E-state index in [4.69, 9.17) is 9.84 Å². The Bertz CT molecular complexity index is 422. The smallest absolute Gasteiger partial charge is 0.414 e. The summed E-state index contributed by atoms with van der Waals surface area (Å²) < 4.78 is 5.90. The Kier molecular flexibility index (Phi) is 3.61. The summed E-state index contributed by atoms with van der Waals surface area (Å²) in [4.78, 5) is 21.8. The third kappa shape index (κ3) is 4.45. The van der Waals surface area contributed by atoms with Crippen molar-refractivity contribution in [1.82, 2.24) is 20.2 Å². The van der Waals surface area contributed by atoms with E-state index in [1.807, 2.05) is 0 Å². The summed E-state index contributed by atoms with van der Waals surface area (Å²) >= 11 is 0. The summed E-state index contributed by atoms with van der Waals surface area (Å²) in [6.45, 7) is 4.66. The van der Waals surface area contributed by atoms with Gasteiger partial charge in [0, 0.05) is 0 Å². The lowest BCUT2D eigenvalue weighted by atomic mass is 10.2. The number of rotatable bonds is 3. The first-order chi connectivity index (χ1) is 7.78. The molecular weight excluding hydrogens is 230 g/mol. The Labute approximate surface area is 96.8 Å². The number of ether oxygens (including phenoxy) is 1. The van der Waals surface area contributed by atoms with Crippen LogP contribution in [0.15, 0.2) is 0 Å². The second kappa shape index (κ2) is 4.76. The molecule has 0 spiro atoms. The molecule has 1 aromatic heterocycles. The lowest BCUT2D eigenvalue weighted by Gasteiger charge is -2.19. The monoisotopic (exact) mass is 243 g/mol. The fourth-order valence-corrected chi connectivity index (χ4v) is 0.924. The van der Waals surface area contributed by atoms with Gasteiger partial charge in [-0.3, -0.25) is 10.1 Å². The van der Waals surface area contributed by atoms with Crippen molar-refractivity contribution in [3.05, 3.63) is 0 Å². The lowest BCUT2D eigenvalue weighted by molar-refractivity contribution is -0.137. The predicted octanol–water partition coefficient (Wildman–Crippen LogP) is 0.105. The number of amides is 1. The highest BCUT2D eigenvalue weighted by Gasteiger charge is 2.19. The zero-order chi connectivity index (χ0) is 13.1. The van der Waals surface area contributed by atoms with Crippen LogP contribution >= 0.6 is 0 Å². The first-order valence-corrected chi connectivity index (χ1v) is 4.76. The molecule has 9 nitrogen and oxygen atoms in total. The maximum absolute atomic E-state index is 11.4. The molecule has 0 fully saturated rings. The zero-order valence-corrected chi connectivity index (χ0v) is 9.67. The number of tetrazole rings is 1. The van der Waals surface area contributed by atoms with E-state index in [1.54, 1.807) is 20.8 Å². The van der Waals surface area contributed by atoms with Crippen LogP contribution in [-0.2, 0) is 16.1 Å². The van der Waals surface area contributed by atoms with Gasteiger partial charge in [-0.2, -0.15) is 0 Å². The first kappa shape index (κ1) is 12.9. The van der Waals surface area contributed by atoms with E-state index in [2.05, 4.69) is 20.8 Å². The molecule has 0 saturated heterocycles. The normalized spacial score (nSPS) is 11.0. The average molecular weight is 243 g/mol. The molecule has 2 N–H and O–H groups in total. The molecule has 0 atom stereocenters. The van der Waals surface area contributed by atoms with Gasteiger partial charge in [0.15, 0.2) is 0 Å². The summed E-state index contributed by atoms with van der Waals surface area (Å²) in [6, 6.07) is 0. The Hall–Kier alpha value is -2.19. The molecule has 0 aliphatic heterocycles. The third-order valence-electron chi connectivity index (χ3n) is 1.43. The number of anilines is 1. The van der Waals surface area contributed by atoms with Crippen molar-refractivity contribution in [1.29, 1.82) is 0 Å². The van der Waals surface area contributed by atoms with Crippen molar-refractivity contribution in [2.45, 2.75) is 32.9 Å². The lowest BCUT2D eigenvalue weighted by Crippen LogP contribution is -2.28. The molecule has 9 heteroatoms. The standard InChI is InChI=1S/C8H13N5O4/c1-8(2,3)17-7(16)9-6-10-11-12-13(6)4-5(14)15/h4H2,1-3H3,(H,14,15)(H,9,10,12,16). The fraction of sp³-hybridized carbons (Fsp3) is 0.625. The van der Waals surface area contributed by atoms with Crippen molar-refractivity contribution in [2.75, 3.05) is 5.32 Å². The van der Waals surface area contributed by atoms with Crippen LogP contribution in [0.3, 0.4) is 0 Å². The molecule has 0 bridgehead atoms. The summed E-state index contributed by atoms with van der Waals surface area (Å²) in [6.07, 6.45) is -0.751. The van der Waals surface area contributed by atoms with E-state index < -0.39 is 24.2 Å². The number of carbonyl (C=O) groups is 2. The van der Waals surface area contributed by atoms with Gasteiger partial charge in [0.1, 0.15) is 12.1 Å². The number of hydrogen-bond donors (Lipinski definition) is 2. The Morgan fingerprint density at radius 2 is 2.12 bits per heavy atom. The molecule has 1 amide bonds. The van der Waals surface area contributed by atoms with E-state index in [9.17, 15) is 9.59 Å². The second-order valence-electron chi connectivity index (χ2n) is 4.18. The number of nitrogens with zero attached hydrogens (tertiary/aromatic N) is 4. The third-order valence-corrected chi connectivity index (χ3v) is 1.43. The van der Waals surface area contributed by atoms with Crippen molar-refractivity contribution in [2.24, 2.45) is 0 Å². The van der Waals surface area contributed by atoms with Gasteiger partial charge in [-0.15, -0.1) is 0 Å². The van der Waals surface area contributed by atoms with Crippen LogP contribution in [0, 0.1) is 0 Å². The predicted molar refractivity (Wildman–Crippen MR) is 55.3 cm³/mol. The Morgan fingerprint density at radius 3 is 2.65 bits per heavy atom. The molecule has 0 aromatic carbocycles. The van der Waals surface area contributed by atoms with Crippen LogP contribution < -0.4 is 5.32 Å². The average Bonchev–Trinajstić information content (AvgIpc) is 2.47. The largest absolute Gasteiger partial charge is 0.480 e. The van der Waals surface area contributed by atoms with E-state index in [-0.39, 0.29) is 5.95 Å². The SMILES string of the molecule is CC(C)(C)OC(=O)Nc1nnnn1CC(=O)O. The fourth-order valence-electron chi connectivity index (χ4n) is 0.924. The zero-order valence-electron chi connectivity index (χ0n) is 9.67. The van der Waals surface area contributed by atoms with Gasteiger partial charge in [0.25, 0.3) is 5.95 Å². The molecule has 0 saturated carbocycles. The Morgan fingerprint density at radius 1 is 1.47 bits per heavy atom. The number of carboxylic acids is 1. The van der Waals surface area contributed by atoms with E-state index in [0.29, 0.717) is 0 Å². The van der Waals surface area contributed by atoms with E-state index in [1.165, 1.54) is 0 Å². The van der Waals surface area contributed by atoms with E-state index >= 15 is 0 Å². The van der Waals surface area contributed by atoms with Crippen molar-refractivity contribution in [3.63, 3.8) is 0 Å². The number of nitrogens with one attached hydrogen (secondary N) is 1. The molecule has 1 heterocycles. The molecule has 0 radical (unpaired) electrons. The van der Waals surface area contributed by atoms with Gasteiger partial charge < -0.3 is 9.84 Å². The van der Waals surface area contributed by atoms with Crippen molar-refractivity contribution in [3.8, 4) is 0 Å². The van der Waals surface area contributed by atoms with Gasteiger partial charge in [0.05, 0.1) is 0 Å². The van der Waals surface area contributed by atoms with Gasteiger partial charge in [-0.1, -0.05) is 5.10 Å². The van der Waals surface area contributed by atoms with Crippen molar-refractivity contribution < 1.29 is 19.4 Å². The highest BCUT2D eigenvalue weighted by Crippen LogP contribution is 2.09. The molecule has 1 aromatic rings. The second-order valence-corrected chi connectivity index (χ2v) is 4.18. The Balaban J connectivity index is 2.65. The highest BCUT2D eigenvalue weighted by molar-refractivity contribution is 5.82. The quantitative estimate of drug-likeness (QED) is 0.772. The maximum atomic E-state index is 11.4. The highest BCUT2D eigenvalue weighted by atomic mass is 16.6. The van der Waals surface area contributed by atoms with Crippen LogP contribution in [0.4, 0.5) is 10.7 Å². The van der Waals surface area contributed by atoms with Crippen LogP contribution in [0.2, 0.25) is 0 Å². The van der Waals surface area contributed by atoms with Gasteiger partial charge in [-0.25, -0.2) is 9.48 Å². The van der Waals surface area contributed by atoms with Crippen LogP contribution in [0.5, 0.6) is 0 Å². The molecule has 1 rings (SSSR count). The maximum Gasteiger partial charge on any atom is 0.414 e. The van der Waals surface area contributed by atoms with Gasteiger partial charge in [-0.05, 0) is 31.2 Å². The minimum absolute atomic E-state index is 0.0818. The molecule has 17 heavy (non-hydrogen) atoms. The first-order valence-electron chi connectivity index (χ1n) is 4.76. The number of carboxylic acid groups (broad SMARTS) is 1. The van der Waals surface area contributed by atoms with Crippen LogP contribution in [0.25, 0.3) is 0 Å². The number of hydrogen-bond acceptors (Lipinski definition) is 6. The summed E-state index contributed by atoms with van der Waals surface area (Å²) in [5, 5.41) is 21.0. The van der Waals surface area contributed by atoms with Crippen molar-refractivity contribution >= 4 is 18.0 Å². The van der Waals surface area contributed by atoms with Gasteiger partial charge >= 0.3 is 12.1 Å². The summed E-state index contributed by atoms with van der Waals surface area (Å²) in [7, 11) is 0. The molecule has 0 aliphatic rings. The van der Waals surface area contributed by atoms with Crippen LogP contribution in [-0.4, -0.2) is 43.0 Å². The molecule has 0 aliphatic carbocycles. The van der Waals surface area contributed by atoms with Crippen LogP contribution in [0.1, 0.15) is 20.8 Å². The minimum Gasteiger partial charge on any atom is -0.480 e. The molecule has 94 valence electrons.